The van der Waals surface area contributed by atoms with E-state index >= 15 is 0 Å². The maximum absolute atomic E-state index is 5.37. The van der Waals surface area contributed by atoms with Gasteiger partial charge in [-0.1, -0.05) is 13.0 Å². The zero-order valence-electron chi connectivity index (χ0n) is 13.4. The van der Waals surface area contributed by atoms with Crippen LogP contribution in [0.3, 0.4) is 0 Å². The summed E-state index contributed by atoms with van der Waals surface area (Å²) in [6.45, 7) is 5.92. The third kappa shape index (κ3) is 3.41. The molecule has 1 fully saturated rings. The van der Waals surface area contributed by atoms with Crippen LogP contribution < -0.4 is 10.1 Å². The van der Waals surface area contributed by atoms with Gasteiger partial charge in [-0.25, -0.2) is 0 Å². The predicted molar refractivity (Wildman–Crippen MR) is 86.9 cm³/mol. The van der Waals surface area contributed by atoms with E-state index in [2.05, 4.69) is 35.3 Å². The number of methoxy groups -OCH3 is 1. The van der Waals surface area contributed by atoms with Gasteiger partial charge < -0.3 is 15.0 Å². The number of fused-ring (bicyclic) bond motifs is 1. The van der Waals surface area contributed by atoms with Crippen LogP contribution in [0.15, 0.2) is 18.2 Å². The minimum atomic E-state index is 0.529. The van der Waals surface area contributed by atoms with E-state index in [4.69, 9.17) is 4.74 Å². The number of piperidine rings is 1. The zero-order chi connectivity index (χ0) is 14.7. The van der Waals surface area contributed by atoms with Crippen molar-refractivity contribution in [1.82, 2.24) is 10.2 Å². The number of hydrogen-bond donors (Lipinski definition) is 1. The Morgan fingerprint density at radius 2 is 2.19 bits per heavy atom. The maximum Gasteiger partial charge on any atom is 0.119 e. The monoisotopic (exact) mass is 288 g/mol. The summed E-state index contributed by atoms with van der Waals surface area (Å²) < 4.78 is 5.37. The molecule has 2 atom stereocenters. The van der Waals surface area contributed by atoms with Gasteiger partial charge in [-0.2, -0.15) is 0 Å². The number of ether oxygens (including phenoxy) is 1. The Balaban J connectivity index is 1.70. The van der Waals surface area contributed by atoms with E-state index < -0.39 is 0 Å². The number of benzene rings is 1. The SMILES string of the molecule is CCN1CCCC(NC2CCCc3cc(OC)ccc32)C1. The summed E-state index contributed by atoms with van der Waals surface area (Å²) >= 11 is 0. The van der Waals surface area contributed by atoms with Crippen molar-refractivity contribution < 1.29 is 4.74 Å². The molecule has 3 nitrogen and oxygen atoms in total. The van der Waals surface area contributed by atoms with Crippen molar-refractivity contribution in [3.63, 3.8) is 0 Å². The highest BCUT2D eigenvalue weighted by Gasteiger charge is 2.25. The van der Waals surface area contributed by atoms with Gasteiger partial charge in [0, 0.05) is 18.6 Å². The fraction of sp³-hybridized carbons (Fsp3) is 0.667. The molecule has 0 amide bonds. The third-order valence-corrected chi connectivity index (χ3v) is 5.05. The van der Waals surface area contributed by atoms with E-state index in [1.54, 1.807) is 7.11 Å². The van der Waals surface area contributed by atoms with E-state index in [9.17, 15) is 0 Å². The minimum absolute atomic E-state index is 0.529. The highest BCUT2D eigenvalue weighted by atomic mass is 16.5. The number of nitrogens with one attached hydrogen (secondary N) is 1. The summed E-state index contributed by atoms with van der Waals surface area (Å²) in [5.41, 5.74) is 2.97. The van der Waals surface area contributed by atoms with E-state index in [0.29, 0.717) is 12.1 Å². The molecular weight excluding hydrogens is 260 g/mol. The largest absolute Gasteiger partial charge is 0.497 e. The summed E-state index contributed by atoms with van der Waals surface area (Å²) in [5.74, 6) is 0.990. The minimum Gasteiger partial charge on any atom is -0.497 e. The van der Waals surface area contributed by atoms with E-state index in [1.165, 1.54) is 62.9 Å². The highest BCUT2D eigenvalue weighted by molar-refractivity contribution is 5.39. The van der Waals surface area contributed by atoms with Gasteiger partial charge in [-0.05, 0) is 68.5 Å². The van der Waals surface area contributed by atoms with Crippen LogP contribution in [-0.4, -0.2) is 37.7 Å². The second-order valence-electron chi connectivity index (χ2n) is 6.41. The molecule has 0 saturated carbocycles. The molecule has 2 unspecified atom stereocenters. The van der Waals surface area contributed by atoms with Crippen LogP contribution in [0.2, 0.25) is 0 Å². The van der Waals surface area contributed by atoms with E-state index in [1.807, 2.05) is 0 Å². The predicted octanol–water partition coefficient (Wildman–Crippen LogP) is 3.15. The lowest BCUT2D eigenvalue weighted by Gasteiger charge is -2.36. The summed E-state index contributed by atoms with van der Waals surface area (Å²) in [6.07, 6.45) is 6.38. The lowest BCUT2D eigenvalue weighted by molar-refractivity contribution is 0.187. The molecule has 116 valence electrons. The quantitative estimate of drug-likeness (QED) is 0.921. The molecule has 0 bridgehead atoms. The molecule has 3 heteroatoms. The first-order valence-corrected chi connectivity index (χ1v) is 8.45. The first kappa shape index (κ1) is 14.9. The Morgan fingerprint density at radius 3 is 3.00 bits per heavy atom. The van der Waals surface area contributed by atoms with Gasteiger partial charge in [0.15, 0.2) is 0 Å². The fourth-order valence-corrected chi connectivity index (χ4v) is 3.85. The second-order valence-corrected chi connectivity index (χ2v) is 6.41. The average Bonchev–Trinajstić information content (AvgIpc) is 2.55. The number of likely N-dealkylation sites (tertiary alicyclic amines) is 1. The molecule has 3 rings (SSSR count). The first-order valence-electron chi connectivity index (χ1n) is 8.45. The number of rotatable bonds is 4. The Labute approximate surface area is 128 Å². The van der Waals surface area contributed by atoms with Crippen LogP contribution >= 0.6 is 0 Å². The van der Waals surface area contributed by atoms with Gasteiger partial charge >= 0.3 is 0 Å². The molecule has 1 aromatic carbocycles. The lowest BCUT2D eigenvalue weighted by Crippen LogP contribution is -2.47. The van der Waals surface area contributed by atoms with Crippen molar-refractivity contribution in [3.05, 3.63) is 29.3 Å². The highest BCUT2D eigenvalue weighted by Crippen LogP contribution is 2.33. The molecule has 1 aromatic rings. The topological polar surface area (TPSA) is 24.5 Å². The van der Waals surface area contributed by atoms with Crippen LogP contribution in [0.4, 0.5) is 0 Å². The number of aryl methyl sites for hydroxylation is 1. The smallest absolute Gasteiger partial charge is 0.119 e. The third-order valence-electron chi connectivity index (χ3n) is 5.05. The van der Waals surface area contributed by atoms with Crippen LogP contribution in [-0.2, 0) is 6.42 Å². The van der Waals surface area contributed by atoms with Crippen LogP contribution in [0.5, 0.6) is 5.75 Å². The normalized spacial score (nSPS) is 26.4. The maximum atomic E-state index is 5.37. The molecule has 2 aliphatic rings. The zero-order valence-corrected chi connectivity index (χ0v) is 13.4. The van der Waals surface area contributed by atoms with Crippen molar-refractivity contribution in [1.29, 1.82) is 0 Å². The molecular formula is C18H28N2O. The number of hydrogen-bond acceptors (Lipinski definition) is 3. The van der Waals surface area contributed by atoms with Gasteiger partial charge in [0.25, 0.3) is 0 Å². The molecule has 1 N–H and O–H groups in total. The van der Waals surface area contributed by atoms with Crippen molar-refractivity contribution in [2.75, 3.05) is 26.7 Å². The molecule has 0 radical (unpaired) electrons. The first-order chi connectivity index (χ1) is 10.3. The van der Waals surface area contributed by atoms with Crippen LogP contribution in [0.1, 0.15) is 49.8 Å². The van der Waals surface area contributed by atoms with Crippen molar-refractivity contribution in [3.8, 4) is 5.75 Å². The summed E-state index contributed by atoms with van der Waals surface area (Å²) in [6, 6.07) is 7.78. The van der Waals surface area contributed by atoms with Crippen molar-refractivity contribution in [2.45, 2.75) is 51.1 Å². The fourth-order valence-electron chi connectivity index (χ4n) is 3.85. The van der Waals surface area contributed by atoms with E-state index in [0.717, 1.165) is 5.75 Å². The Kier molecular flexibility index (Phi) is 4.81. The van der Waals surface area contributed by atoms with Gasteiger partial charge in [-0.15, -0.1) is 0 Å². The Hall–Kier alpha value is -1.06. The molecule has 1 saturated heterocycles. The van der Waals surface area contributed by atoms with Crippen LogP contribution in [0, 0.1) is 0 Å². The Bertz CT molecular complexity index is 474. The molecule has 0 aromatic heterocycles. The van der Waals surface area contributed by atoms with Crippen LogP contribution in [0.25, 0.3) is 0 Å². The molecule has 1 aliphatic heterocycles. The van der Waals surface area contributed by atoms with Gasteiger partial charge in [-0.3, -0.25) is 0 Å². The molecule has 21 heavy (non-hydrogen) atoms. The molecule has 1 aliphatic carbocycles. The summed E-state index contributed by atoms with van der Waals surface area (Å²) in [7, 11) is 1.75. The lowest BCUT2D eigenvalue weighted by atomic mass is 9.86. The molecule has 1 heterocycles. The summed E-state index contributed by atoms with van der Waals surface area (Å²) in [5, 5.41) is 3.93. The number of nitrogens with zero attached hydrogens (tertiary/aromatic N) is 1. The van der Waals surface area contributed by atoms with Crippen molar-refractivity contribution >= 4 is 0 Å². The van der Waals surface area contributed by atoms with Gasteiger partial charge in [0.2, 0.25) is 0 Å². The van der Waals surface area contributed by atoms with Gasteiger partial charge in [0.05, 0.1) is 7.11 Å². The second kappa shape index (κ2) is 6.80. The summed E-state index contributed by atoms with van der Waals surface area (Å²) in [4.78, 5) is 2.57. The Morgan fingerprint density at radius 1 is 1.29 bits per heavy atom. The average molecular weight is 288 g/mol. The van der Waals surface area contributed by atoms with E-state index in [-0.39, 0.29) is 0 Å². The molecule has 0 spiro atoms. The standard InChI is InChI=1S/C18H28N2O/c1-3-20-11-5-7-15(13-20)19-18-8-4-6-14-12-16(21-2)9-10-17(14)18/h9-10,12,15,18-19H,3-8,11,13H2,1-2H3. The van der Waals surface area contributed by atoms with Gasteiger partial charge in [0.1, 0.15) is 5.75 Å². The van der Waals surface area contributed by atoms with Crippen molar-refractivity contribution in [2.24, 2.45) is 0 Å². The number of likely N-dealkylation sites (N-methyl/N-ethyl adjacent to an activating group) is 1.